The first-order valence-corrected chi connectivity index (χ1v) is 6.04. The van der Waals surface area contributed by atoms with Gasteiger partial charge in [0.15, 0.2) is 0 Å². The molecule has 1 fully saturated rings. The van der Waals surface area contributed by atoms with Crippen molar-refractivity contribution in [1.82, 2.24) is 10.6 Å². The lowest BCUT2D eigenvalue weighted by Crippen LogP contribution is -2.43. The molecule has 1 heterocycles. The van der Waals surface area contributed by atoms with Crippen LogP contribution in [0.25, 0.3) is 0 Å². The van der Waals surface area contributed by atoms with E-state index in [0.717, 1.165) is 24.6 Å². The van der Waals surface area contributed by atoms with E-state index >= 15 is 0 Å². The summed E-state index contributed by atoms with van der Waals surface area (Å²) in [6.07, 6.45) is 7.77. The number of thioether (sulfide) groups is 1. The van der Waals surface area contributed by atoms with Gasteiger partial charge in [-0.15, -0.1) is 18.2 Å². The Hall–Kier alpha value is -0.170. The van der Waals surface area contributed by atoms with Crippen molar-refractivity contribution < 1.29 is 0 Å². The number of piperidine rings is 1. The summed E-state index contributed by atoms with van der Waals surface area (Å²) >= 11 is 1.82. The van der Waals surface area contributed by atoms with Crippen molar-refractivity contribution in [2.24, 2.45) is 0 Å². The van der Waals surface area contributed by atoms with Crippen LogP contribution in [0.5, 0.6) is 0 Å². The van der Waals surface area contributed by atoms with Crippen LogP contribution < -0.4 is 10.6 Å². The Morgan fingerprint density at radius 1 is 1.62 bits per heavy atom. The van der Waals surface area contributed by atoms with E-state index in [2.05, 4.69) is 16.6 Å². The molecule has 1 atom stereocenters. The number of terminal acetylenes is 1. The first-order valence-electron chi connectivity index (χ1n) is 4.89. The molecular weight excluding hydrogens is 180 g/mol. The third kappa shape index (κ3) is 5.20. The summed E-state index contributed by atoms with van der Waals surface area (Å²) in [6, 6.07) is 0.681. The van der Waals surface area contributed by atoms with Gasteiger partial charge in [-0.25, -0.2) is 0 Å². The molecule has 2 N–H and O–H groups in total. The highest BCUT2D eigenvalue weighted by atomic mass is 32.2. The molecule has 0 aliphatic carbocycles. The minimum absolute atomic E-state index is 0.681. The van der Waals surface area contributed by atoms with E-state index in [1.807, 2.05) is 11.8 Å². The Balaban J connectivity index is 1.90. The van der Waals surface area contributed by atoms with E-state index in [1.54, 1.807) is 0 Å². The summed E-state index contributed by atoms with van der Waals surface area (Å²) in [5.74, 6) is 4.59. The van der Waals surface area contributed by atoms with Gasteiger partial charge < -0.3 is 10.6 Å². The second-order valence-corrected chi connectivity index (χ2v) is 4.36. The molecule has 0 aromatic rings. The number of hydrogen-bond acceptors (Lipinski definition) is 3. The zero-order valence-corrected chi connectivity index (χ0v) is 8.83. The third-order valence-corrected chi connectivity index (χ3v) is 3.03. The van der Waals surface area contributed by atoms with Gasteiger partial charge in [-0.2, -0.15) is 0 Å². The lowest BCUT2D eigenvalue weighted by molar-refractivity contribution is 0.398. The maximum absolute atomic E-state index is 5.15. The van der Waals surface area contributed by atoms with Crippen molar-refractivity contribution in [3.05, 3.63) is 0 Å². The second kappa shape index (κ2) is 7.25. The standard InChI is InChI=1S/C10H18N2S/c1-2-7-13-8-6-12-10-4-3-5-11-9-10/h1,10-12H,3-9H2. The molecular formula is C10H18N2S. The molecule has 3 heteroatoms. The molecule has 0 aromatic heterocycles. The monoisotopic (exact) mass is 198 g/mol. The summed E-state index contributed by atoms with van der Waals surface area (Å²) in [7, 11) is 0. The maximum Gasteiger partial charge on any atom is 0.0545 e. The maximum atomic E-state index is 5.15. The molecule has 2 nitrogen and oxygen atoms in total. The van der Waals surface area contributed by atoms with Crippen LogP contribution in [0.15, 0.2) is 0 Å². The fourth-order valence-electron chi connectivity index (χ4n) is 1.49. The summed E-state index contributed by atoms with van der Waals surface area (Å²) in [4.78, 5) is 0. The fourth-order valence-corrected chi connectivity index (χ4v) is 2.02. The van der Waals surface area contributed by atoms with E-state index in [4.69, 9.17) is 6.42 Å². The molecule has 1 aliphatic heterocycles. The lowest BCUT2D eigenvalue weighted by Gasteiger charge is -2.23. The van der Waals surface area contributed by atoms with E-state index in [9.17, 15) is 0 Å². The van der Waals surface area contributed by atoms with Gasteiger partial charge >= 0.3 is 0 Å². The molecule has 0 saturated carbocycles. The average Bonchev–Trinajstić information content (AvgIpc) is 2.19. The van der Waals surface area contributed by atoms with E-state index in [1.165, 1.54) is 19.4 Å². The second-order valence-electron chi connectivity index (χ2n) is 3.25. The number of nitrogens with one attached hydrogen (secondary N) is 2. The van der Waals surface area contributed by atoms with Crippen LogP contribution in [0.1, 0.15) is 12.8 Å². The zero-order valence-electron chi connectivity index (χ0n) is 8.01. The quantitative estimate of drug-likeness (QED) is 0.502. The van der Waals surface area contributed by atoms with Crippen molar-refractivity contribution in [2.45, 2.75) is 18.9 Å². The van der Waals surface area contributed by atoms with Gasteiger partial charge in [0.1, 0.15) is 0 Å². The van der Waals surface area contributed by atoms with Crippen LogP contribution in [0, 0.1) is 12.3 Å². The third-order valence-electron chi connectivity index (χ3n) is 2.16. The zero-order chi connectivity index (χ0) is 9.36. The fraction of sp³-hybridized carbons (Fsp3) is 0.800. The summed E-state index contributed by atoms with van der Waals surface area (Å²) in [5.41, 5.74) is 0. The number of rotatable bonds is 5. The summed E-state index contributed by atoms with van der Waals surface area (Å²) in [5, 5.41) is 6.91. The molecule has 0 bridgehead atoms. The van der Waals surface area contributed by atoms with Crippen LogP contribution in [0.2, 0.25) is 0 Å². The predicted octanol–water partition coefficient (Wildman–Crippen LogP) is 0.694. The predicted molar refractivity (Wildman–Crippen MR) is 60.1 cm³/mol. The van der Waals surface area contributed by atoms with E-state index in [-0.39, 0.29) is 0 Å². The minimum Gasteiger partial charge on any atom is -0.315 e. The molecule has 13 heavy (non-hydrogen) atoms. The van der Waals surface area contributed by atoms with Gasteiger partial charge in [0.05, 0.1) is 5.75 Å². The molecule has 0 aromatic carbocycles. The van der Waals surface area contributed by atoms with Gasteiger partial charge in [-0.3, -0.25) is 0 Å². The van der Waals surface area contributed by atoms with Crippen molar-refractivity contribution in [3.8, 4) is 12.3 Å². The Kier molecular flexibility index (Phi) is 6.09. The highest BCUT2D eigenvalue weighted by Gasteiger charge is 2.10. The molecule has 1 saturated heterocycles. The highest BCUT2D eigenvalue weighted by Crippen LogP contribution is 2.02. The first kappa shape index (κ1) is 10.9. The van der Waals surface area contributed by atoms with Crippen molar-refractivity contribution >= 4 is 11.8 Å². The minimum atomic E-state index is 0.681. The van der Waals surface area contributed by atoms with Crippen LogP contribution in [-0.4, -0.2) is 37.2 Å². The normalized spacial score (nSPS) is 22.5. The number of hydrogen-bond donors (Lipinski definition) is 2. The summed E-state index contributed by atoms with van der Waals surface area (Å²) in [6.45, 7) is 3.39. The topological polar surface area (TPSA) is 24.1 Å². The van der Waals surface area contributed by atoms with Crippen LogP contribution >= 0.6 is 11.8 Å². The Bertz CT molecular complexity index is 159. The van der Waals surface area contributed by atoms with Gasteiger partial charge in [-0.1, -0.05) is 5.92 Å². The van der Waals surface area contributed by atoms with Gasteiger partial charge in [0, 0.05) is 24.9 Å². The Morgan fingerprint density at radius 2 is 2.54 bits per heavy atom. The molecule has 1 aliphatic rings. The smallest absolute Gasteiger partial charge is 0.0545 e. The molecule has 74 valence electrons. The molecule has 0 radical (unpaired) electrons. The lowest BCUT2D eigenvalue weighted by atomic mass is 10.1. The van der Waals surface area contributed by atoms with Crippen molar-refractivity contribution in [1.29, 1.82) is 0 Å². The van der Waals surface area contributed by atoms with Crippen LogP contribution in [0.3, 0.4) is 0 Å². The van der Waals surface area contributed by atoms with Gasteiger partial charge in [0.25, 0.3) is 0 Å². The molecule has 0 amide bonds. The SMILES string of the molecule is C#CCSCCNC1CCCNC1. The van der Waals surface area contributed by atoms with E-state index in [0.29, 0.717) is 6.04 Å². The van der Waals surface area contributed by atoms with Crippen LogP contribution in [-0.2, 0) is 0 Å². The molecule has 0 spiro atoms. The van der Waals surface area contributed by atoms with E-state index < -0.39 is 0 Å². The first-order chi connectivity index (χ1) is 6.43. The molecule has 1 rings (SSSR count). The average molecular weight is 198 g/mol. The van der Waals surface area contributed by atoms with Crippen molar-refractivity contribution in [2.75, 3.05) is 31.1 Å². The molecule has 1 unspecified atom stereocenters. The Labute approximate surface area is 85.2 Å². The van der Waals surface area contributed by atoms with Gasteiger partial charge in [0.2, 0.25) is 0 Å². The Morgan fingerprint density at radius 3 is 3.23 bits per heavy atom. The van der Waals surface area contributed by atoms with Crippen LogP contribution in [0.4, 0.5) is 0 Å². The van der Waals surface area contributed by atoms with Crippen molar-refractivity contribution in [3.63, 3.8) is 0 Å². The van der Waals surface area contributed by atoms with Gasteiger partial charge in [-0.05, 0) is 19.4 Å². The summed E-state index contributed by atoms with van der Waals surface area (Å²) < 4.78 is 0. The highest BCUT2D eigenvalue weighted by molar-refractivity contribution is 7.99. The largest absolute Gasteiger partial charge is 0.315 e.